The molecule has 1 aromatic carbocycles. The molecule has 17 heavy (non-hydrogen) atoms. The van der Waals surface area contributed by atoms with Gasteiger partial charge < -0.3 is 10.2 Å². The quantitative estimate of drug-likeness (QED) is 0.840. The molecule has 0 saturated heterocycles. The van der Waals surface area contributed by atoms with Crippen LogP contribution in [0.4, 0.5) is 5.69 Å². The number of nitrogens with one attached hydrogen (secondary N) is 1. The first-order valence-corrected chi connectivity index (χ1v) is 6.80. The van der Waals surface area contributed by atoms with Crippen LogP contribution in [0.5, 0.6) is 0 Å². The molecular weight excluding hydrogens is 208 g/mol. The van der Waals surface area contributed by atoms with Gasteiger partial charge in [0, 0.05) is 30.9 Å². The highest BCUT2D eigenvalue weighted by Gasteiger charge is 2.24. The van der Waals surface area contributed by atoms with Gasteiger partial charge in [-0.1, -0.05) is 25.1 Å². The Hall–Kier alpha value is -1.02. The van der Waals surface area contributed by atoms with E-state index in [2.05, 4.69) is 55.3 Å². The van der Waals surface area contributed by atoms with Crippen molar-refractivity contribution in [2.24, 2.45) is 0 Å². The molecule has 0 amide bonds. The van der Waals surface area contributed by atoms with Gasteiger partial charge in [-0.2, -0.15) is 0 Å². The van der Waals surface area contributed by atoms with Crippen LogP contribution in [-0.4, -0.2) is 25.2 Å². The molecule has 0 fully saturated rings. The maximum absolute atomic E-state index is 3.57. The summed E-state index contributed by atoms with van der Waals surface area (Å²) in [6, 6.07) is 10.1. The monoisotopic (exact) mass is 232 g/mol. The van der Waals surface area contributed by atoms with Gasteiger partial charge in [-0.15, -0.1) is 0 Å². The van der Waals surface area contributed by atoms with E-state index >= 15 is 0 Å². The standard InChI is InChI=1S/C15H24N2/c1-4-12(2)16-9-10-17-13(3)11-14-7-5-6-8-15(14)17/h5-8,12-13,16H,4,9-11H2,1-3H3. The topological polar surface area (TPSA) is 15.3 Å². The first-order chi connectivity index (χ1) is 8.22. The molecule has 0 aliphatic carbocycles. The van der Waals surface area contributed by atoms with Crippen molar-refractivity contribution in [3.8, 4) is 0 Å². The molecule has 1 N–H and O–H groups in total. The molecule has 0 radical (unpaired) electrons. The second-order valence-corrected chi connectivity index (χ2v) is 5.14. The molecule has 0 bridgehead atoms. The third-order valence-corrected chi connectivity index (χ3v) is 3.81. The fourth-order valence-electron chi connectivity index (χ4n) is 2.55. The van der Waals surface area contributed by atoms with E-state index in [9.17, 15) is 0 Å². The normalized spacial score (nSPS) is 20.4. The van der Waals surface area contributed by atoms with Crippen LogP contribution < -0.4 is 10.2 Å². The Morgan fingerprint density at radius 3 is 2.94 bits per heavy atom. The lowest BCUT2D eigenvalue weighted by molar-refractivity contribution is 0.525. The summed E-state index contributed by atoms with van der Waals surface area (Å²) in [5, 5.41) is 3.57. The van der Waals surface area contributed by atoms with Crippen molar-refractivity contribution in [1.82, 2.24) is 5.32 Å². The predicted octanol–water partition coefficient (Wildman–Crippen LogP) is 2.83. The minimum atomic E-state index is 0.628. The highest BCUT2D eigenvalue weighted by molar-refractivity contribution is 5.59. The SMILES string of the molecule is CCC(C)NCCN1c2ccccc2CC1C. The molecule has 0 saturated carbocycles. The van der Waals surface area contributed by atoms with Gasteiger partial charge in [0.2, 0.25) is 0 Å². The summed E-state index contributed by atoms with van der Waals surface area (Å²) in [6.07, 6.45) is 2.39. The van der Waals surface area contributed by atoms with Crippen molar-refractivity contribution in [2.45, 2.75) is 45.7 Å². The average molecular weight is 232 g/mol. The Bertz CT molecular complexity index is 362. The zero-order valence-corrected chi connectivity index (χ0v) is 11.2. The van der Waals surface area contributed by atoms with Crippen molar-refractivity contribution < 1.29 is 0 Å². The number of para-hydroxylation sites is 1. The van der Waals surface area contributed by atoms with Gasteiger partial charge in [0.1, 0.15) is 0 Å². The number of benzene rings is 1. The van der Waals surface area contributed by atoms with E-state index in [1.54, 1.807) is 0 Å². The van der Waals surface area contributed by atoms with E-state index in [1.807, 2.05) is 0 Å². The Balaban J connectivity index is 1.93. The molecule has 0 spiro atoms. The van der Waals surface area contributed by atoms with Crippen LogP contribution in [0.2, 0.25) is 0 Å². The van der Waals surface area contributed by atoms with Gasteiger partial charge in [-0.3, -0.25) is 0 Å². The minimum absolute atomic E-state index is 0.628. The lowest BCUT2D eigenvalue weighted by Gasteiger charge is -2.25. The summed E-state index contributed by atoms with van der Waals surface area (Å²) in [7, 11) is 0. The van der Waals surface area contributed by atoms with Crippen LogP contribution in [0.25, 0.3) is 0 Å². The second-order valence-electron chi connectivity index (χ2n) is 5.14. The van der Waals surface area contributed by atoms with Crippen LogP contribution in [-0.2, 0) is 6.42 Å². The fraction of sp³-hybridized carbons (Fsp3) is 0.600. The molecule has 2 rings (SSSR count). The molecule has 2 atom stereocenters. The van der Waals surface area contributed by atoms with E-state index in [4.69, 9.17) is 0 Å². The first-order valence-electron chi connectivity index (χ1n) is 6.80. The summed E-state index contributed by atoms with van der Waals surface area (Å²) in [5.74, 6) is 0. The molecule has 94 valence electrons. The van der Waals surface area contributed by atoms with E-state index in [1.165, 1.54) is 24.1 Å². The van der Waals surface area contributed by atoms with E-state index in [-0.39, 0.29) is 0 Å². The van der Waals surface area contributed by atoms with E-state index in [0.29, 0.717) is 12.1 Å². The number of rotatable bonds is 5. The number of hydrogen-bond acceptors (Lipinski definition) is 2. The van der Waals surface area contributed by atoms with Crippen LogP contribution in [0.15, 0.2) is 24.3 Å². The van der Waals surface area contributed by atoms with Gasteiger partial charge in [-0.25, -0.2) is 0 Å². The summed E-state index contributed by atoms with van der Waals surface area (Å²) >= 11 is 0. The molecular formula is C15H24N2. The van der Waals surface area contributed by atoms with E-state index in [0.717, 1.165) is 13.1 Å². The number of hydrogen-bond donors (Lipinski definition) is 1. The van der Waals surface area contributed by atoms with Crippen LogP contribution in [0, 0.1) is 0 Å². The predicted molar refractivity (Wildman–Crippen MR) is 74.7 cm³/mol. The Morgan fingerprint density at radius 2 is 2.18 bits per heavy atom. The first kappa shape index (κ1) is 12.4. The molecule has 1 aromatic rings. The Labute approximate surface area is 105 Å². The molecule has 1 aliphatic heterocycles. The number of nitrogens with zero attached hydrogens (tertiary/aromatic N) is 1. The number of anilines is 1. The molecule has 1 heterocycles. The third kappa shape index (κ3) is 2.81. The maximum Gasteiger partial charge on any atom is 0.0402 e. The van der Waals surface area contributed by atoms with Gasteiger partial charge in [0.05, 0.1) is 0 Å². The van der Waals surface area contributed by atoms with E-state index < -0.39 is 0 Å². The highest BCUT2D eigenvalue weighted by atomic mass is 15.2. The van der Waals surface area contributed by atoms with Crippen LogP contribution in [0.3, 0.4) is 0 Å². The third-order valence-electron chi connectivity index (χ3n) is 3.81. The lowest BCUT2D eigenvalue weighted by Crippen LogP contribution is -2.38. The minimum Gasteiger partial charge on any atom is -0.367 e. The highest BCUT2D eigenvalue weighted by Crippen LogP contribution is 2.31. The summed E-state index contributed by atoms with van der Waals surface area (Å²) < 4.78 is 0. The number of fused-ring (bicyclic) bond motifs is 1. The zero-order valence-electron chi connectivity index (χ0n) is 11.2. The lowest BCUT2D eigenvalue weighted by atomic mass is 10.1. The van der Waals surface area contributed by atoms with Gasteiger partial charge >= 0.3 is 0 Å². The molecule has 0 aromatic heterocycles. The van der Waals surface area contributed by atoms with Crippen LogP contribution in [0.1, 0.15) is 32.8 Å². The van der Waals surface area contributed by atoms with Crippen LogP contribution >= 0.6 is 0 Å². The maximum atomic E-state index is 3.57. The van der Waals surface area contributed by atoms with Crippen molar-refractivity contribution in [2.75, 3.05) is 18.0 Å². The van der Waals surface area contributed by atoms with Crippen molar-refractivity contribution in [1.29, 1.82) is 0 Å². The molecule has 2 heteroatoms. The Morgan fingerprint density at radius 1 is 1.41 bits per heavy atom. The molecule has 2 nitrogen and oxygen atoms in total. The second kappa shape index (κ2) is 5.54. The Kier molecular flexibility index (Phi) is 4.06. The fourth-order valence-corrected chi connectivity index (χ4v) is 2.55. The van der Waals surface area contributed by atoms with Crippen molar-refractivity contribution in [3.05, 3.63) is 29.8 Å². The van der Waals surface area contributed by atoms with Crippen molar-refractivity contribution in [3.63, 3.8) is 0 Å². The molecule has 2 unspecified atom stereocenters. The van der Waals surface area contributed by atoms with Gasteiger partial charge in [0.15, 0.2) is 0 Å². The zero-order chi connectivity index (χ0) is 12.3. The van der Waals surface area contributed by atoms with Gasteiger partial charge in [-0.05, 0) is 38.3 Å². The smallest absolute Gasteiger partial charge is 0.0402 e. The summed E-state index contributed by atoms with van der Waals surface area (Å²) in [5.41, 5.74) is 2.94. The van der Waals surface area contributed by atoms with Gasteiger partial charge in [0.25, 0.3) is 0 Å². The van der Waals surface area contributed by atoms with Crippen molar-refractivity contribution >= 4 is 5.69 Å². The largest absolute Gasteiger partial charge is 0.367 e. The summed E-state index contributed by atoms with van der Waals surface area (Å²) in [6.45, 7) is 8.99. The molecule has 1 aliphatic rings. The summed E-state index contributed by atoms with van der Waals surface area (Å²) in [4.78, 5) is 2.53. The average Bonchev–Trinajstić information content (AvgIpc) is 2.66.